The lowest BCUT2D eigenvalue weighted by atomic mass is 10.1. The van der Waals surface area contributed by atoms with Crippen molar-refractivity contribution in [3.63, 3.8) is 0 Å². The van der Waals surface area contributed by atoms with Crippen LogP contribution >= 0.6 is 11.3 Å². The van der Waals surface area contributed by atoms with Crippen molar-refractivity contribution < 1.29 is 14.3 Å². The fourth-order valence-electron chi connectivity index (χ4n) is 3.71. The van der Waals surface area contributed by atoms with Gasteiger partial charge in [-0.1, -0.05) is 6.07 Å². The van der Waals surface area contributed by atoms with Gasteiger partial charge in [0.15, 0.2) is 5.65 Å². The summed E-state index contributed by atoms with van der Waals surface area (Å²) in [5.41, 5.74) is 3.47. The van der Waals surface area contributed by atoms with Crippen molar-refractivity contribution in [2.75, 3.05) is 14.2 Å². The van der Waals surface area contributed by atoms with E-state index in [0.29, 0.717) is 17.1 Å². The van der Waals surface area contributed by atoms with Crippen LogP contribution in [0.2, 0.25) is 0 Å². The minimum absolute atomic E-state index is 0.0713. The van der Waals surface area contributed by atoms with Crippen LogP contribution in [0.5, 0.6) is 11.5 Å². The lowest BCUT2D eigenvalue weighted by Gasteiger charge is -2.18. The van der Waals surface area contributed by atoms with Gasteiger partial charge in [-0.25, -0.2) is 9.67 Å². The van der Waals surface area contributed by atoms with E-state index in [0.717, 1.165) is 27.1 Å². The Kier molecular flexibility index (Phi) is 5.90. The van der Waals surface area contributed by atoms with Crippen molar-refractivity contribution in [3.8, 4) is 21.9 Å². The molecule has 7 nitrogen and oxygen atoms in total. The Bertz CT molecular complexity index is 1220. The summed E-state index contributed by atoms with van der Waals surface area (Å²) >= 11 is 1.67. The number of methoxy groups -OCH3 is 2. The molecule has 1 N–H and O–H groups in total. The van der Waals surface area contributed by atoms with Crippen LogP contribution in [0.15, 0.2) is 48.0 Å². The number of pyridine rings is 1. The standard InChI is InChI=1S/C23H24N4O3S/c1-14(18-12-16(29-3)7-8-19(18)30-4)25-21(28)13-27-23-22(15(2)26-27)17(9-10-24-23)20-6-5-11-31-20/h5-12,14H,13H2,1-4H3,(H,25,28). The molecule has 1 amide bonds. The maximum Gasteiger partial charge on any atom is 0.242 e. The molecule has 31 heavy (non-hydrogen) atoms. The summed E-state index contributed by atoms with van der Waals surface area (Å²) in [5.74, 6) is 1.23. The van der Waals surface area contributed by atoms with Crippen molar-refractivity contribution in [3.05, 3.63) is 59.2 Å². The maximum atomic E-state index is 12.8. The Hall–Kier alpha value is -3.39. The summed E-state index contributed by atoms with van der Waals surface area (Å²) in [6.07, 6.45) is 1.76. The number of carbonyl (C=O) groups is 1. The zero-order valence-corrected chi connectivity index (χ0v) is 18.7. The SMILES string of the molecule is COc1ccc(OC)c(C(C)NC(=O)Cn2nc(C)c3c(-c4cccs4)ccnc32)c1. The Labute approximate surface area is 184 Å². The van der Waals surface area contributed by atoms with E-state index in [-0.39, 0.29) is 18.5 Å². The van der Waals surface area contributed by atoms with Gasteiger partial charge in [0, 0.05) is 22.2 Å². The van der Waals surface area contributed by atoms with Crippen LogP contribution in [0.1, 0.15) is 24.2 Å². The van der Waals surface area contributed by atoms with Crippen molar-refractivity contribution in [1.82, 2.24) is 20.1 Å². The maximum absolute atomic E-state index is 12.8. The molecule has 0 bridgehead atoms. The van der Waals surface area contributed by atoms with Crippen LogP contribution in [0.25, 0.3) is 21.5 Å². The molecule has 3 heterocycles. The number of ether oxygens (including phenoxy) is 2. The fraction of sp³-hybridized carbons (Fsp3) is 0.261. The van der Waals surface area contributed by atoms with Crippen molar-refractivity contribution in [2.24, 2.45) is 0 Å². The Balaban J connectivity index is 1.58. The minimum atomic E-state index is -0.268. The summed E-state index contributed by atoms with van der Waals surface area (Å²) in [7, 11) is 3.22. The van der Waals surface area contributed by atoms with Crippen molar-refractivity contribution in [1.29, 1.82) is 0 Å². The van der Waals surface area contributed by atoms with Crippen LogP contribution in [0.4, 0.5) is 0 Å². The first kappa shape index (κ1) is 20.9. The van der Waals surface area contributed by atoms with E-state index in [1.54, 1.807) is 36.4 Å². The number of aryl methyl sites for hydroxylation is 1. The van der Waals surface area contributed by atoms with Gasteiger partial charge in [0.1, 0.15) is 18.0 Å². The highest BCUT2D eigenvalue weighted by Crippen LogP contribution is 2.33. The molecule has 4 rings (SSSR count). The van der Waals surface area contributed by atoms with E-state index in [1.807, 2.05) is 49.6 Å². The number of nitrogens with zero attached hydrogens (tertiary/aromatic N) is 3. The van der Waals surface area contributed by atoms with E-state index < -0.39 is 0 Å². The third kappa shape index (κ3) is 4.11. The second kappa shape index (κ2) is 8.77. The molecule has 1 atom stereocenters. The van der Waals surface area contributed by atoms with Gasteiger partial charge in [-0.05, 0) is 49.6 Å². The fourth-order valence-corrected chi connectivity index (χ4v) is 4.47. The number of carbonyl (C=O) groups excluding carboxylic acids is 1. The van der Waals surface area contributed by atoms with Gasteiger partial charge in [0.05, 0.1) is 31.3 Å². The molecule has 0 saturated heterocycles. The number of amides is 1. The highest BCUT2D eigenvalue weighted by atomic mass is 32.1. The van der Waals surface area contributed by atoms with Crippen LogP contribution in [0.3, 0.4) is 0 Å². The predicted octanol–water partition coefficient (Wildman–Crippen LogP) is 4.36. The summed E-state index contributed by atoms with van der Waals surface area (Å²) < 4.78 is 12.4. The number of aromatic nitrogens is 3. The molecule has 0 aliphatic heterocycles. The highest BCUT2D eigenvalue weighted by Gasteiger charge is 2.19. The van der Waals surface area contributed by atoms with Gasteiger partial charge in [-0.2, -0.15) is 5.10 Å². The number of hydrogen-bond donors (Lipinski definition) is 1. The normalized spacial score (nSPS) is 12.0. The number of rotatable bonds is 7. The van der Waals surface area contributed by atoms with E-state index in [9.17, 15) is 4.79 Å². The quantitative estimate of drug-likeness (QED) is 0.466. The Morgan fingerprint density at radius 1 is 1.23 bits per heavy atom. The van der Waals surface area contributed by atoms with Crippen LogP contribution in [-0.2, 0) is 11.3 Å². The van der Waals surface area contributed by atoms with E-state index in [1.165, 1.54) is 0 Å². The van der Waals surface area contributed by atoms with Crippen molar-refractivity contribution >= 4 is 28.3 Å². The summed E-state index contributed by atoms with van der Waals surface area (Å²) in [4.78, 5) is 18.5. The second-order valence-corrected chi connectivity index (χ2v) is 8.12. The summed E-state index contributed by atoms with van der Waals surface area (Å²) in [6, 6.07) is 11.3. The van der Waals surface area contributed by atoms with E-state index >= 15 is 0 Å². The molecule has 0 radical (unpaired) electrons. The number of benzene rings is 1. The van der Waals surface area contributed by atoms with Gasteiger partial charge < -0.3 is 14.8 Å². The molecular weight excluding hydrogens is 412 g/mol. The van der Waals surface area contributed by atoms with Gasteiger partial charge in [0.25, 0.3) is 0 Å². The largest absolute Gasteiger partial charge is 0.497 e. The molecule has 0 aliphatic rings. The molecule has 0 saturated carbocycles. The molecule has 160 valence electrons. The molecule has 0 aliphatic carbocycles. The topological polar surface area (TPSA) is 78.3 Å². The lowest BCUT2D eigenvalue weighted by Crippen LogP contribution is -2.30. The number of fused-ring (bicyclic) bond motifs is 1. The lowest BCUT2D eigenvalue weighted by molar-refractivity contribution is -0.122. The third-order valence-corrected chi connectivity index (χ3v) is 6.07. The molecular formula is C23H24N4O3S. The smallest absolute Gasteiger partial charge is 0.242 e. The number of nitrogens with one attached hydrogen (secondary N) is 1. The van der Waals surface area contributed by atoms with Crippen LogP contribution in [-0.4, -0.2) is 34.9 Å². The molecule has 1 unspecified atom stereocenters. The molecule has 4 aromatic rings. The highest BCUT2D eigenvalue weighted by molar-refractivity contribution is 7.13. The van der Waals surface area contributed by atoms with Crippen molar-refractivity contribution in [2.45, 2.75) is 26.4 Å². The zero-order valence-electron chi connectivity index (χ0n) is 17.9. The molecule has 0 fully saturated rings. The van der Waals surface area contributed by atoms with Gasteiger partial charge in [-0.3, -0.25) is 4.79 Å². The predicted molar refractivity (Wildman–Crippen MR) is 122 cm³/mol. The first-order valence-corrected chi connectivity index (χ1v) is 10.8. The molecule has 3 aromatic heterocycles. The Morgan fingerprint density at radius 3 is 2.77 bits per heavy atom. The van der Waals surface area contributed by atoms with E-state index in [4.69, 9.17) is 9.47 Å². The molecule has 0 spiro atoms. The van der Waals surface area contributed by atoms with E-state index in [2.05, 4.69) is 21.5 Å². The molecule has 1 aromatic carbocycles. The zero-order chi connectivity index (χ0) is 22.0. The monoisotopic (exact) mass is 436 g/mol. The van der Waals surface area contributed by atoms with Crippen LogP contribution in [0, 0.1) is 6.92 Å². The number of hydrogen-bond acceptors (Lipinski definition) is 6. The first-order chi connectivity index (χ1) is 15.0. The molecule has 8 heteroatoms. The van der Waals surface area contributed by atoms with Gasteiger partial charge in [-0.15, -0.1) is 11.3 Å². The number of thiophene rings is 1. The summed E-state index contributed by atoms with van der Waals surface area (Å²) in [5, 5.41) is 10.6. The first-order valence-electron chi connectivity index (χ1n) is 9.89. The third-order valence-electron chi connectivity index (χ3n) is 5.17. The average molecular weight is 437 g/mol. The van der Waals surface area contributed by atoms with Gasteiger partial charge in [0.2, 0.25) is 5.91 Å². The minimum Gasteiger partial charge on any atom is -0.497 e. The van der Waals surface area contributed by atoms with Crippen LogP contribution < -0.4 is 14.8 Å². The average Bonchev–Trinajstić information content (AvgIpc) is 3.42. The summed E-state index contributed by atoms with van der Waals surface area (Å²) in [6.45, 7) is 3.93. The second-order valence-electron chi connectivity index (χ2n) is 7.17. The Morgan fingerprint density at radius 2 is 2.06 bits per heavy atom. The van der Waals surface area contributed by atoms with Gasteiger partial charge >= 0.3 is 0 Å².